The fraction of sp³-hybridized carbons (Fsp3) is 0. The number of rotatable bonds is 4. The molecule has 0 saturated heterocycles. The van der Waals surface area contributed by atoms with Crippen molar-refractivity contribution in [2.45, 2.75) is 0 Å². The minimum Gasteiger partial charge on any atom is -0.309 e. The fourth-order valence-electron chi connectivity index (χ4n) is 7.76. The monoisotopic (exact) mass is 610 g/mol. The van der Waals surface area contributed by atoms with E-state index in [0.717, 1.165) is 11.4 Å². The first-order valence-corrected chi connectivity index (χ1v) is 16.5. The maximum atomic E-state index is 2.47. The quantitative estimate of drug-likeness (QED) is 0.188. The van der Waals surface area contributed by atoms with Crippen LogP contribution in [0.5, 0.6) is 0 Å². The third-order valence-corrected chi connectivity index (χ3v) is 9.93. The number of aromatic nitrogens is 2. The molecule has 224 valence electrons. The van der Waals surface area contributed by atoms with Gasteiger partial charge >= 0.3 is 0 Å². The molecule has 48 heavy (non-hydrogen) atoms. The first kappa shape index (κ1) is 26.8. The summed E-state index contributed by atoms with van der Waals surface area (Å²) in [6, 6.07) is 66.1. The first-order valence-electron chi connectivity index (χ1n) is 16.5. The van der Waals surface area contributed by atoms with Gasteiger partial charge in [0.15, 0.2) is 0 Å². The summed E-state index contributed by atoms with van der Waals surface area (Å²) in [6.07, 6.45) is 0. The summed E-state index contributed by atoms with van der Waals surface area (Å²) in [4.78, 5) is 0. The maximum absolute atomic E-state index is 2.47. The smallest absolute Gasteiger partial charge is 0.0641 e. The summed E-state index contributed by atoms with van der Waals surface area (Å²) in [7, 11) is 0. The van der Waals surface area contributed by atoms with Crippen LogP contribution in [0.15, 0.2) is 182 Å². The van der Waals surface area contributed by atoms with Crippen LogP contribution in [0.4, 0.5) is 0 Å². The SMILES string of the molecule is c1ccc(-c2ccc(-n3c4ccccc4c4c3ccc3c5ccccc5n(-c5ccc(-c6cccc7ccccc67)cc5)c34)cc2)cc1. The molecule has 2 heteroatoms. The van der Waals surface area contributed by atoms with Crippen molar-refractivity contribution in [2.24, 2.45) is 0 Å². The highest BCUT2D eigenvalue weighted by Gasteiger charge is 2.20. The molecule has 10 rings (SSSR count). The molecule has 2 aromatic heterocycles. The number of hydrogen-bond acceptors (Lipinski definition) is 0. The van der Waals surface area contributed by atoms with E-state index in [2.05, 4.69) is 191 Å². The number of para-hydroxylation sites is 2. The Labute approximate surface area is 278 Å². The maximum Gasteiger partial charge on any atom is 0.0641 e. The molecule has 10 aromatic rings. The molecular formula is C46H30N2. The van der Waals surface area contributed by atoms with E-state index in [1.165, 1.54) is 76.6 Å². The average molecular weight is 611 g/mol. The standard InChI is InChI=1S/C46H30N2/c1-2-11-31(12-3-1)32-21-25-35(26-22-32)47-43-20-9-7-17-41(43)45-44(47)30-29-40-39-16-6-8-19-42(39)48(46(40)45)36-27-23-34(24-28-36)38-18-10-14-33-13-4-5-15-37(33)38/h1-30H. The van der Waals surface area contributed by atoms with Gasteiger partial charge in [-0.3, -0.25) is 0 Å². The summed E-state index contributed by atoms with van der Waals surface area (Å²) in [5.41, 5.74) is 12.1. The highest BCUT2D eigenvalue weighted by Crippen LogP contribution is 2.42. The molecule has 2 nitrogen and oxygen atoms in total. The lowest BCUT2D eigenvalue weighted by Gasteiger charge is -2.12. The molecule has 2 heterocycles. The predicted octanol–water partition coefficient (Wildman–Crippen LogP) is 12.4. The van der Waals surface area contributed by atoms with E-state index in [-0.39, 0.29) is 0 Å². The van der Waals surface area contributed by atoms with Crippen molar-refractivity contribution in [3.05, 3.63) is 182 Å². The molecular weight excluding hydrogens is 581 g/mol. The van der Waals surface area contributed by atoms with E-state index in [9.17, 15) is 0 Å². The van der Waals surface area contributed by atoms with Gasteiger partial charge in [-0.15, -0.1) is 0 Å². The van der Waals surface area contributed by atoms with Crippen LogP contribution < -0.4 is 0 Å². The van der Waals surface area contributed by atoms with Gasteiger partial charge in [-0.1, -0.05) is 140 Å². The van der Waals surface area contributed by atoms with Crippen molar-refractivity contribution in [2.75, 3.05) is 0 Å². The Bertz CT molecular complexity index is 2790. The zero-order valence-corrected chi connectivity index (χ0v) is 26.2. The first-order chi connectivity index (χ1) is 23.8. The van der Waals surface area contributed by atoms with Crippen molar-refractivity contribution >= 4 is 54.4 Å². The second-order valence-electron chi connectivity index (χ2n) is 12.5. The molecule has 0 radical (unpaired) electrons. The lowest BCUT2D eigenvalue weighted by Crippen LogP contribution is -1.95. The fourth-order valence-corrected chi connectivity index (χ4v) is 7.76. The molecule has 0 bridgehead atoms. The summed E-state index contributed by atoms with van der Waals surface area (Å²) < 4.78 is 4.89. The summed E-state index contributed by atoms with van der Waals surface area (Å²) in [5, 5.41) is 7.58. The van der Waals surface area contributed by atoms with Crippen LogP contribution in [0.3, 0.4) is 0 Å². The van der Waals surface area contributed by atoms with Crippen LogP contribution in [0, 0.1) is 0 Å². The van der Waals surface area contributed by atoms with Crippen LogP contribution in [-0.2, 0) is 0 Å². The Morgan fingerprint density at radius 2 is 0.854 bits per heavy atom. The lowest BCUT2D eigenvalue weighted by molar-refractivity contribution is 1.17. The normalized spacial score (nSPS) is 11.8. The van der Waals surface area contributed by atoms with Gasteiger partial charge in [0.2, 0.25) is 0 Å². The molecule has 0 fully saturated rings. The van der Waals surface area contributed by atoms with Crippen molar-refractivity contribution in [1.29, 1.82) is 0 Å². The molecule has 0 aliphatic rings. The van der Waals surface area contributed by atoms with E-state index >= 15 is 0 Å². The van der Waals surface area contributed by atoms with Crippen LogP contribution >= 0.6 is 0 Å². The topological polar surface area (TPSA) is 9.86 Å². The van der Waals surface area contributed by atoms with Gasteiger partial charge in [0.1, 0.15) is 0 Å². The van der Waals surface area contributed by atoms with Gasteiger partial charge in [-0.05, 0) is 75.5 Å². The van der Waals surface area contributed by atoms with E-state index in [1.54, 1.807) is 0 Å². The third kappa shape index (κ3) is 4.00. The zero-order chi connectivity index (χ0) is 31.6. The number of fused-ring (bicyclic) bond motifs is 8. The van der Waals surface area contributed by atoms with Crippen LogP contribution in [-0.4, -0.2) is 9.13 Å². The second-order valence-corrected chi connectivity index (χ2v) is 12.5. The van der Waals surface area contributed by atoms with Gasteiger partial charge in [-0.2, -0.15) is 0 Å². The van der Waals surface area contributed by atoms with E-state index < -0.39 is 0 Å². The predicted molar refractivity (Wildman–Crippen MR) is 203 cm³/mol. The summed E-state index contributed by atoms with van der Waals surface area (Å²) >= 11 is 0. The number of nitrogens with zero attached hydrogens (tertiary/aromatic N) is 2. The molecule has 0 saturated carbocycles. The molecule has 0 aliphatic heterocycles. The highest BCUT2D eigenvalue weighted by atomic mass is 15.0. The Kier molecular flexibility index (Phi) is 5.91. The molecule has 0 spiro atoms. The Balaban J connectivity index is 1.22. The van der Waals surface area contributed by atoms with E-state index in [0.29, 0.717) is 0 Å². The minimum absolute atomic E-state index is 1.15. The molecule has 8 aromatic carbocycles. The zero-order valence-electron chi connectivity index (χ0n) is 26.2. The molecule has 0 amide bonds. The Morgan fingerprint density at radius 3 is 1.62 bits per heavy atom. The number of hydrogen-bond donors (Lipinski definition) is 0. The van der Waals surface area contributed by atoms with Gasteiger partial charge in [0.05, 0.1) is 22.1 Å². The lowest BCUT2D eigenvalue weighted by atomic mass is 9.98. The van der Waals surface area contributed by atoms with Crippen LogP contribution in [0.1, 0.15) is 0 Å². The van der Waals surface area contributed by atoms with Crippen molar-refractivity contribution in [3.8, 4) is 33.6 Å². The van der Waals surface area contributed by atoms with Crippen molar-refractivity contribution in [3.63, 3.8) is 0 Å². The Morgan fingerprint density at radius 1 is 0.292 bits per heavy atom. The van der Waals surface area contributed by atoms with Crippen molar-refractivity contribution in [1.82, 2.24) is 9.13 Å². The third-order valence-electron chi connectivity index (χ3n) is 9.93. The van der Waals surface area contributed by atoms with Crippen molar-refractivity contribution < 1.29 is 0 Å². The average Bonchev–Trinajstić information content (AvgIpc) is 3.68. The number of benzene rings is 8. The largest absolute Gasteiger partial charge is 0.309 e. The summed E-state index contributed by atoms with van der Waals surface area (Å²) in [5.74, 6) is 0. The molecule has 0 N–H and O–H groups in total. The van der Waals surface area contributed by atoms with Crippen LogP contribution in [0.2, 0.25) is 0 Å². The van der Waals surface area contributed by atoms with Gasteiger partial charge in [0, 0.05) is 32.9 Å². The van der Waals surface area contributed by atoms with E-state index in [4.69, 9.17) is 0 Å². The van der Waals surface area contributed by atoms with Crippen LogP contribution in [0.25, 0.3) is 88.0 Å². The minimum atomic E-state index is 1.15. The highest BCUT2D eigenvalue weighted by molar-refractivity contribution is 6.26. The van der Waals surface area contributed by atoms with Gasteiger partial charge in [0.25, 0.3) is 0 Å². The molecule has 0 aliphatic carbocycles. The molecule has 0 atom stereocenters. The second kappa shape index (κ2) is 10.6. The summed E-state index contributed by atoms with van der Waals surface area (Å²) in [6.45, 7) is 0. The Hall–Kier alpha value is -6.38. The van der Waals surface area contributed by atoms with Gasteiger partial charge in [-0.25, -0.2) is 0 Å². The van der Waals surface area contributed by atoms with Gasteiger partial charge < -0.3 is 9.13 Å². The van der Waals surface area contributed by atoms with E-state index in [1.807, 2.05) is 0 Å². The molecule has 0 unspecified atom stereocenters.